The van der Waals surface area contributed by atoms with E-state index in [-0.39, 0.29) is 18.5 Å². The fourth-order valence-electron chi connectivity index (χ4n) is 5.49. The normalized spacial score (nSPS) is 18.6. The third-order valence-electron chi connectivity index (χ3n) is 7.62. The number of hydrogen-bond donors (Lipinski definition) is 2. The Bertz CT molecular complexity index is 1660. The Morgan fingerprint density at radius 3 is 2.46 bits per heavy atom. The summed E-state index contributed by atoms with van der Waals surface area (Å²) in [5.74, 6) is -0.106. The Morgan fingerprint density at radius 2 is 1.79 bits per heavy atom. The number of rotatable bonds is 6. The fraction of sp³-hybridized carbons (Fsp3) is 0.267. The molecule has 1 fully saturated rings. The molecular weight excluding hydrogens is 494 g/mol. The number of nitrogens with one attached hydrogen (secondary N) is 2. The molecule has 3 heterocycles. The second-order valence-electron chi connectivity index (χ2n) is 10.5. The second kappa shape index (κ2) is 8.97. The zero-order chi connectivity index (χ0) is 27.5. The van der Waals surface area contributed by atoms with Crippen LogP contribution in [0.5, 0.6) is 5.75 Å². The van der Waals surface area contributed by atoms with Gasteiger partial charge in [-0.25, -0.2) is 4.79 Å². The SMILES string of the molecule is COc1ccc2c(c1)C(=O)N(C[C@@]1(c3ccc(-c4cc(C)c5nn(C(C)C)cc5c4)cc3)NC(=O)NC1=O)C2. The molecule has 2 aliphatic heterocycles. The van der Waals surface area contributed by atoms with Gasteiger partial charge < -0.3 is 15.0 Å². The number of urea groups is 1. The Morgan fingerprint density at radius 1 is 1.03 bits per heavy atom. The van der Waals surface area contributed by atoms with Crippen LogP contribution in [0.25, 0.3) is 22.0 Å². The van der Waals surface area contributed by atoms with Crippen molar-refractivity contribution in [2.75, 3.05) is 13.7 Å². The monoisotopic (exact) mass is 523 g/mol. The molecule has 9 nitrogen and oxygen atoms in total. The summed E-state index contributed by atoms with van der Waals surface area (Å²) in [5.41, 5.74) is 4.63. The summed E-state index contributed by atoms with van der Waals surface area (Å²) in [4.78, 5) is 40.4. The Kier molecular flexibility index (Phi) is 5.67. The van der Waals surface area contributed by atoms with Crippen LogP contribution in [0.15, 0.2) is 60.8 Å². The zero-order valence-electron chi connectivity index (χ0n) is 22.2. The minimum atomic E-state index is -1.41. The molecule has 0 aliphatic carbocycles. The topological polar surface area (TPSA) is 106 Å². The molecule has 4 amide bonds. The molecule has 3 aromatic carbocycles. The number of ether oxygens (including phenoxy) is 1. The lowest BCUT2D eigenvalue weighted by molar-refractivity contribution is -0.124. The summed E-state index contributed by atoms with van der Waals surface area (Å²) in [5, 5.41) is 10.9. The maximum absolute atomic E-state index is 13.3. The van der Waals surface area contributed by atoms with Crippen LogP contribution >= 0.6 is 0 Å². The highest BCUT2D eigenvalue weighted by Gasteiger charge is 2.50. The lowest BCUT2D eigenvalue weighted by atomic mass is 9.87. The minimum Gasteiger partial charge on any atom is -0.497 e. The smallest absolute Gasteiger partial charge is 0.322 e. The van der Waals surface area contributed by atoms with Gasteiger partial charge in [0.25, 0.3) is 11.8 Å². The number of fused-ring (bicyclic) bond motifs is 2. The molecule has 1 aromatic heterocycles. The van der Waals surface area contributed by atoms with Gasteiger partial charge in [0.2, 0.25) is 0 Å². The van der Waals surface area contributed by atoms with Crippen molar-refractivity contribution < 1.29 is 19.1 Å². The standard InChI is InChI=1S/C30H29N5O4/c1-17(2)35-15-22-12-21(11-18(3)26(22)33-35)19-5-8-23(9-6-19)30(28(37)31-29(38)32-30)16-34-14-20-7-10-24(39-4)13-25(20)27(34)36/h5-13,15,17H,14,16H2,1-4H3,(H2,31,32,37,38)/t30-/m0/s1. The second-order valence-corrected chi connectivity index (χ2v) is 10.5. The summed E-state index contributed by atoms with van der Waals surface area (Å²) in [6.07, 6.45) is 2.05. The minimum absolute atomic E-state index is 0.000791. The van der Waals surface area contributed by atoms with Crippen molar-refractivity contribution in [2.24, 2.45) is 0 Å². The van der Waals surface area contributed by atoms with Gasteiger partial charge in [-0.3, -0.25) is 19.6 Å². The Labute approximate surface area is 225 Å². The Balaban J connectivity index is 1.33. The maximum Gasteiger partial charge on any atom is 0.322 e. The number of hydrogen-bond acceptors (Lipinski definition) is 5. The van der Waals surface area contributed by atoms with E-state index < -0.39 is 17.5 Å². The van der Waals surface area contributed by atoms with Crippen molar-refractivity contribution in [1.82, 2.24) is 25.3 Å². The molecule has 4 aromatic rings. The van der Waals surface area contributed by atoms with Crippen molar-refractivity contribution >= 4 is 28.7 Å². The highest BCUT2D eigenvalue weighted by atomic mass is 16.5. The van der Waals surface area contributed by atoms with Gasteiger partial charge in [-0.15, -0.1) is 0 Å². The number of aromatic nitrogens is 2. The third-order valence-corrected chi connectivity index (χ3v) is 7.62. The van der Waals surface area contributed by atoms with Gasteiger partial charge in [0.05, 0.1) is 19.2 Å². The third kappa shape index (κ3) is 4.01. The number of carbonyl (C=O) groups excluding carboxylic acids is 3. The molecule has 39 heavy (non-hydrogen) atoms. The molecule has 9 heteroatoms. The molecule has 1 saturated heterocycles. The van der Waals surface area contributed by atoms with E-state index in [1.807, 2.05) is 41.9 Å². The number of carbonyl (C=O) groups is 3. The molecule has 1 atom stereocenters. The molecule has 0 bridgehead atoms. The molecule has 0 saturated carbocycles. The number of aryl methyl sites for hydroxylation is 1. The maximum atomic E-state index is 13.3. The number of methoxy groups -OCH3 is 1. The zero-order valence-corrected chi connectivity index (χ0v) is 22.2. The molecule has 198 valence electrons. The van der Waals surface area contributed by atoms with E-state index >= 15 is 0 Å². The summed E-state index contributed by atoms with van der Waals surface area (Å²) in [6, 6.07) is 16.8. The van der Waals surface area contributed by atoms with Crippen LogP contribution in [0, 0.1) is 6.92 Å². The number of benzene rings is 3. The van der Waals surface area contributed by atoms with Crippen LogP contribution in [0.2, 0.25) is 0 Å². The van der Waals surface area contributed by atoms with Crippen LogP contribution in [0.3, 0.4) is 0 Å². The van der Waals surface area contributed by atoms with E-state index in [1.165, 1.54) is 0 Å². The van der Waals surface area contributed by atoms with Crippen LogP contribution in [0.4, 0.5) is 4.79 Å². The first kappa shape index (κ1) is 24.7. The van der Waals surface area contributed by atoms with E-state index in [4.69, 9.17) is 9.84 Å². The van der Waals surface area contributed by atoms with Crippen molar-refractivity contribution in [2.45, 2.75) is 38.9 Å². The van der Waals surface area contributed by atoms with Gasteiger partial charge in [-0.05, 0) is 72.9 Å². The number of nitrogens with zero attached hydrogens (tertiary/aromatic N) is 3. The first-order valence-electron chi connectivity index (χ1n) is 12.9. The lowest BCUT2D eigenvalue weighted by Crippen LogP contribution is -2.52. The van der Waals surface area contributed by atoms with E-state index in [0.717, 1.165) is 33.2 Å². The van der Waals surface area contributed by atoms with Crippen LogP contribution < -0.4 is 15.4 Å². The summed E-state index contributed by atoms with van der Waals surface area (Å²) in [7, 11) is 1.55. The summed E-state index contributed by atoms with van der Waals surface area (Å²) < 4.78 is 7.23. The van der Waals surface area contributed by atoms with E-state index in [0.29, 0.717) is 23.4 Å². The lowest BCUT2D eigenvalue weighted by Gasteiger charge is -2.31. The van der Waals surface area contributed by atoms with Crippen molar-refractivity contribution in [1.29, 1.82) is 0 Å². The molecule has 6 rings (SSSR count). The molecule has 2 N–H and O–H groups in total. The van der Waals surface area contributed by atoms with Gasteiger partial charge in [0, 0.05) is 29.7 Å². The van der Waals surface area contributed by atoms with Crippen LogP contribution in [-0.4, -0.2) is 46.2 Å². The number of imide groups is 1. The highest BCUT2D eigenvalue weighted by Crippen LogP contribution is 2.34. The molecular formula is C30H29N5O4. The molecule has 0 unspecified atom stereocenters. The van der Waals surface area contributed by atoms with Gasteiger partial charge in [0.1, 0.15) is 5.75 Å². The quantitative estimate of drug-likeness (QED) is 0.367. The molecule has 0 radical (unpaired) electrons. The van der Waals surface area contributed by atoms with Gasteiger partial charge in [-0.1, -0.05) is 30.3 Å². The van der Waals surface area contributed by atoms with Gasteiger partial charge in [-0.2, -0.15) is 5.10 Å². The van der Waals surface area contributed by atoms with E-state index in [1.54, 1.807) is 24.1 Å². The number of amides is 4. The van der Waals surface area contributed by atoms with E-state index in [9.17, 15) is 14.4 Å². The average Bonchev–Trinajstić information content (AvgIpc) is 3.58. The predicted octanol–water partition coefficient (Wildman–Crippen LogP) is 4.29. The first-order valence-corrected chi connectivity index (χ1v) is 12.9. The molecule has 0 spiro atoms. The predicted molar refractivity (Wildman–Crippen MR) is 146 cm³/mol. The van der Waals surface area contributed by atoms with Crippen molar-refractivity contribution in [3.63, 3.8) is 0 Å². The van der Waals surface area contributed by atoms with Gasteiger partial charge in [0.15, 0.2) is 5.54 Å². The van der Waals surface area contributed by atoms with E-state index in [2.05, 4.69) is 42.8 Å². The average molecular weight is 524 g/mol. The largest absolute Gasteiger partial charge is 0.497 e. The summed E-state index contributed by atoms with van der Waals surface area (Å²) >= 11 is 0. The van der Waals surface area contributed by atoms with Crippen LogP contribution in [-0.2, 0) is 16.9 Å². The fourth-order valence-corrected chi connectivity index (χ4v) is 5.49. The summed E-state index contributed by atoms with van der Waals surface area (Å²) in [6.45, 7) is 6.58. The van der Waals surface area contributed by atoms with Crippen LogP contribution in [0.1, 0.15) is 46.9 Å². The van der Waals surface area contributed by atoms with Crippen molar-refractivity contribution in [3.05, 3.63) is 83.0 Å². The molecule has 2 aliphatic rings. The first-order chi connectivity index (χ1) is 18.7. The highest BCUT2D eigenvalue weighted by molar-refractivity contribution is 6.08. The van der Waals surface area contributed by atoms with Gasteiger partial charge >= 0.3 is 6.03 Å². The van der Waals surface area contributed by atoms with Crippen molar-refractivity contribution in [3.8, 4) is 16.9 Å². The Hall–Kier alpha value is -4.66.